The number of benzene rings is 3. The molecule has 3 heterocycles. The highest BCUT2D eigenvalue weighted by Crippen LogP contribution is 2.42. The lowest BCUT2D eigenvalue weighted by molar-refractivity contribution is 0.0223. The maximum Gasteiger partial charge on any atom is 0.407 e. The number of amides is 1. The lowest BCUT2D eigenvalue weighted by Crippen LogP contribution is -2.55. The molecule has 41 heavy (non-hydrogen) atoms. The fourth-order valence-corrected chi connectivity index (χ4v) is 6.40. The zero-order valence-electron chi connectivity index (χ0n) is 22.6. The van der Waals surface area contributed by atoms with Gasteiger partial charge in [0.1, 0.15) is 11.9 Å². The quantitative estimate of drug-likeness (QED) is 0.273. The molecule has 0 unspecified atom stereocenters. The monoisotopic (exact) mass is 574 g/mol. The van der Waals surface area contributed by atoms with Gasteiger partial charge in [0.15, 0.2) is 0 Å². The smallest absolute Gasteiger partial charge is 0.407 e. The Kier molecular flexibility index (Phi) is 6.41. The largest absolute Gasteiger partial charge is 0.470 e. The Labute approximate surface area is 235 Å². The number of hydrogen-bond acceptors (Lipinski definition) is 6. The van der Waals surface area contributed by atoms with E-state index < -0.39 is 16.1 Å². The van der Waals surface area contributed by atoms with E-state index in [1.807, 2.05) is 26.8 Å². The molecule has 1 saturated heterocycles. The molecule has 11 heteroatoms. The second kappa shape index (κ2) is 9.84. The van der Waals surface area contributed by atoms with Gasteiger partial charge in [0, 0.05) is 16.3 Å². The number of nitrogens with zero attached hydrogens (tertiary/aromatic N) is 4. The molecule has 0 saturated carbocycles. The minimum absolute atomic E-state index is 0.0575. The summed E-state index contributed by atoms with van der Waals surface area (Å²) in [6.07, 6.45) is 0.104. The van der Waals surface area contributed by atoms with Crippen LogP contribution < -0.4 is 4.74 Å². The first-order chi connectivity index (χ1) is 19.5. The Morgan fingerprint density at radius 2 is 1.76 bits per heavy atom. The van der Waals surface area contributed by atoms with Gasteiger partial charge in [-0.3, -0.25) is 0 Å². The number of carboxylic acid groups (broad SMARTS) is 1. The van der Waals surface area contributed by atoms with Crippen LogP contribution in [0, 0.1) is 12.7 Å². The molecule has 1 aliphatic heterocycles. The maximum atomic E-state index is 13.9. The first kappa shape index (κ1) is 26.7. The van der Waals surface area contributed by atoms with Crippen molar-refractivity contribution in [1.82, 2.24) is 19.1 Å². The van der Waals surface area contributed by atoms with Crippen LogP contribution in [-0.2, 0) is 10.0 Å². The molecule has 5 aromatic rings. The number of likely N-dealkylation sites (tertiary alicyclic amines) is 1. The number of ether oxygens (including phenoxy) is 1. The Bertz CT molecular complexity index is 1910. The number of rotatable bonds is 6. The highest BCUT2D eigenvalue weighted by molar-refractivity contribution is 7.90. The van der Waals surface area contributed by atoms with Crippen molar-refractivity contribution in [2.24, 2.45) is 0 Å². The van der Waals surface area contributed by atoms with Crippen molar-refractivity contribution >= 4 is 37.9 Å². The normalized spacial score (nSPS) is 14.1. The zero-order valence-corrected chi connectivity index (χ0v) is 23.4. The van der Waals surface area contributed by atoms with Gasteiger partial charge in [-0.25, -0.2) is 14.2 Å². The van der Waals surface area contributed by atoms with E-state index >= 15 is 0 Å². The molecule has 0 spiro atoms. The number of pyridine rings is 1. The summed E-state index contributed by atoms with van der Waals surface area (Å²) in [7, 11) is -3.99. The Hall–Kier alpha value is -4.51. The van der Waals surface area contributed by atoms with Crippen molar-refractivity contribution in [1.29, 1.82) is 0 Å². The van der Waals surface area contributed by atoms with Crippen molar-refractivity contribution in [3.05, 3.63) is 83.8 Å². The van der Waals surface area contributed by atoms with Gasteiger partial charge in [0.25, 0.3) is 10.0 Å². The summed E-state index contributed by atoms with van der Waals surface area (Å²) < 4.78 is 48.2. The predicted molar refractivity (Wildman–Crippen MR) is 152 cm³/mol. The highest BCUT2D eigenvalue weighted by Gasteiger charge is 2.34. The average molecular weight is 575 g/mol. The standard InChI is InChI=1S/C30H27FN4O5S/c1-17(2)27-28(19-6-8-21(31)9-7-19)24-12-20-14-32-35(41(38,39)23-10-4-18(3)5-11-23)26(20)13-25(24)33-29(27)40-22-15-34(16-22)30(36)37/h4-14,17,22H,15-16H2,1-3H3,(H,36,37). The molecule has 6 rings (SSSR count). The van der Waals surface area contributed by atoms with Crippen molar-refractivity contribution in [2.75, 3.05) is 13.1 Å². The number of fused-ring (bicyclic) bond motifs is 2. The van der Waals surface area contributed by atoms with Crippen LogP contribution in [0.1, 0.15) is 30.9 Å². The molecule has 0 aliphatic carbocycles. The van der Waals surface area contributed by atoms with E-state index in [0.717, 1.165) is 31.7 Å². The first-order valence-corrected chi connectivity index (χ1v) is 14.5. The summed E-state index contributed by atoms with van der Waals surface area (Å²) in [5.74, 6) is -0.102. The first-order valence-electron chi connectivity index (χ1n) is 13.1. The van der Waals surface area contributed by atoms with E-state index in [-0.39, 0.29) is 35.8 Å². The summed E-state index contributed by atoms with van der Waals surface area (Å²) in [5, 5.41) is 14.8. The molecular formula is C30H27FN4O5S. The lowest BCUT2D eigenvalue weighted by Gasteiger charge is -2.37. The van der Waals surface area contributed by atoms with Gasteiger partial charge >= 0.3 is 6.09 Å². The molecule has 0 atom stereocenters. The molecule has 1 N–H and O–H groups in total. The second-order valence-corrected chi connectivity index (χ2v) is 12.3. The van der Waals surface area contributed by atoms with Gasteiger partial charge in [-0.15, -0.1) is 0 Å². The summed E-state index contributed by atoms with van der Waals surface area (Å²) in [6, 6.07) is 16.2. The third kappa shape index (κ3) is 4.65. The van der Waals surface area contributed by atoms with E-state index in [0.29, 0.717) is 22.3 Å². The molecule has 0 radical (unpaired) electrons. The van der Waals surface area contributed by atoms with Crippen LogP contribution in [0.3, 0.4) is 0 Å². The summed E-state index contributed by atoms with van der Waals surface area (Å²) in [5.41, 5.74) is 4.06. The number of hydrogen-bond donors (Lipinski definition) is 1. The van der Waals surface area contributed by atoms with E-state index in [2.05, 4.69) is 5.10 Å². The molecule has 210 valence electrons. The maximum absolute atomic E-state index is 13.9. The van der Waals surface area contributed by atoms with E-state index in [1.165, 1.54) is 23.2 Å². The fourth-order valence-electron chi connectivity index (χ4n) is 5.14. The van der Waals surface area contributed by atoms with Crippen molar-refractivity contribution < 1.29 is 27.4 Å². The Morgan fingerprint density at radius 3 is 2.39 bits per heavy atom. The van der Waals surface area contributed by atoms with E-state index in [9.17, 15) is 22.7 Å². The summed E-state index contributed by atoms with van der Waals surface area (Å²) >= 11 is 0. The molecule has 9 nitrogen and oxygen atoms in total. The van der Waals surface area contributed by atoms with Gasteiger partial charge in [0.05, 0.1) is 35.2 Å². The SMILES string of the molecule is Cc1ccc(S(=O)(=O)n2ncc3cc4c(-c5ccc(F)cc5)c(C(C)C)c(OC5CN(C(=O)O)C5)nc4cc32)cc1. The topological polar surface area (TPSA) is 115 Å². The van der Waals surface area contributed by atoms with Crippen LogP contribution in [0.25, 0.3) is 32.9 Å². The fraction of sp³-hybridized carbons (Fsp3) is 0.233. The van der Waals surface area contributed by atoms with E-state index in [1.54, 1.807) is 42.5 Å². The third-order valence-electron chi connectivity index (χ3n) is 7.30. The average Bonchev–Trinajstić information content (AvgIpc) is 3.32. The third-order valence-corrected chi connectivity index (χ3v) is 8.91. The van der Waals surface area contributed by atoms with Crippen LogP contribution in [0.2, 0.25) is 0 Å². The van der Waals surface area contributed by atoms with Gasteiger partial charge in [0.2, 0.25) is 5.88 Å². The van der Waals surface area contributed by atoms with E-state index in [4.69, 9.17) is 9.72 Å². The van der Waals surface area contributed by atoms with Crippen LogP contribution in [0.15, 0.2) is 71.8 Å². The second-order valence-electron chi connectivity index (χ2n) is 10.5. The molecule has 1 aliphatic rings. The van der Waals surface area contributed by atoms with Crippen LogP contribution >= 0.6 is 0 Å². The molecule has 1 amide bonds. The number of aromatic nitrogens is 3. The van der Waals surface area contributed by atoms with Gasteiger partial charge in [-0.2, -0.15) is 17.6 Å². The molecule has 2 aromatic heterocycles. The van der Waals surface area contributed by atoms with Crippen molar-refractivity contribution in [3.8, 4) is 17.0 Å². The van der Waals surface area contributed by atoms with Gasteiger partial charge in [-0.1, -0.05) is 43.7 Å². The summed E-state index contributed by atoms with van der Waals surface area (Å²) in [4.78, 5) is 17.5. The van der Waals surface area contributed by atoms with Crippen LogP contribution in [0.4, 0.5) is 9.18 Å². The zero-order chi connectivity index (χ0) is 29.1. The van der Waals surface area contributed by atoms with Crippen molar-refractivity contribution in [2.45, 2.75) is 37.7 Å². The molecule has 3 aromatic carbocycles. The minimum Gasteiger partial charge on any atom is -0.470 e. The predicted octanol–water partition coefficient (Wildman–Crippen LogP) is 5.80. The molecule has 0 bridgehead atoms. The highest BCUT2D eigenvalue weighted by atomic mass is 32.2. The Balaban J connectivity index is 1.57. The Morgan fingerprint density at radius 1 is 1.07 bits per heavy atom. The lowest BCUT2D eigenvalue weighted by atomic mass is 9.90. The number of aryl methyl sites for hydroxylation is 1. The number of halogens is 1. The minimum atomic E-state index is -3.99. The van der Waals surface area contributed by atoms with Gasteiger partial charge < -0.3 is 14.7 Å². The van der Waals surface area contributed by atoms with Gasteiger partial charge in [-0.05, 0) is 60.4 Å². The van der Waals surface area contributed by atoms with Crippen LogP contribution in [-0.4, -0.2) is 57.9 Å². The summed E-state index contributed by atoms with van der Waals surface area (Å²) in [6.45, 7) is 6.29. The van der Waals surface area contributed by atoms with Crippen molar-refractivity contribution in [3.63, 3.8) is 0 Å². The van der Waals surface area contributed by atoms with Crippen LogP contribution in [0.5, 0.6) is 5.88 Å². The molecular weight excluding hydrogens is 547 g/mol. The molecule has 1 fully saturated rings. The number of carbonyl (C=O) groups is 1.